The van der Waals surface area contributed by atoms with Crippen molar-refractivity contribution >= 4 is 0 Å². The molecule has 0 bridgehead atoms. The van der Waals surface area contributed by atoms with Crippen LogP contribution in [0.5, 0.6) is 0 Å². The Bertz CT molecular complexity index is 209. The Labute approximate surface area is 99.1 Å². The van der Waals surface area contributed by atoms with Gasteiger partial charge in [-0.25, -0.2) is 0 Å². The molecule has 2 unspecified atom stereocenters. The van der Waals surface area contributed by atoms with Crippen molar-refractivity contribution in [3.05, 3.63) is 0 Å². The average Bonchev–Trinajstić information content (AvgIpc) is 2.30. The number of nitrogens with two attached hydrogens (primary N) is 1. The van der Waals surface area contributed by atoms with Gasteiger partial charge in [0.2, 0.25) is 0 Å². The molecule has 1 saturated heterocycles. The number of rotatable bonds is 5. The molecule has 0 radical (unpaired) electrons. The second-order valence-corrected chi connectivity index (χ2v) is 4.90. The maximum atomic E-state index is 5.95. The van der Waals surface area contributed by atoms with Crippen LogP contribution in [0.4, 0.5) is 0 Å². The molecule has 1 rings (SSSR count). The van der Waals surface area contributed by atoms with Crippen LogP contribution >= 0.6 is 0 Å². The molecule has 1 fully saturated rings. The van der Waals surface area contributed by atoms with Gasteiger partial charge in [0, 0.05) is 26.8 Å². The van der Waals surface area contributed by atoms with Crippen molar-refractivity contribution in [3.63, 3.8) is 0 Å². The molecule has 16 heavy (non-hydrogen) atoms. The smallest absolute Gasteiger partial charge is 0.176 e. The molecule has 4 heteroatoms. The first-order chi connectivity index (χ1) is 7.60. The molecular formula is C12H26N2O2. The highest BCUT2D eigenvalue weighted by atomic mass is 16.7. The molecule has 1 heterocycles. The second-order valence-electron chi connectivity index (χ2n) is 4.90. The van der Waals surface area contributed by atoms with Crippen LogP contribution in [-0.2, 0) is 9.47 Å². The van der Waals surface area contributed by atoms with E-state index in [0.717, 1.165) is 6.54 Å². The van der Waals surface area contributed by atoms with E-state index < -0.39 is 0 Å². The van der Waals surface area contributed by atoms with E-state index in [1.807, 2.05) is 0 Å². The SMILES string of the molecule is COC(OC)C(C)(CN)N1CCCCC1C. The van der Waals surface area contributed by atoms with Gasteiger partial charge in [-0.2, -0.15) is 0 Å². The average molecular weight is 230 g/mol. The zero-order chi connectivity index (χ0) is 12.2. The molecule has 0 aromatic heterocycles. The minimum Gasteiger partial charge on any atom is -0.354 e. The fourth-order valence-corrected chi connectivity index (χ4v) is 2.81. The summed E-state index contributed by atoms with van der Waals surface area (Å²) in [6.07, 6.45) is 3.51. The Morgan fingerprint density at radius 3 is 2.44 bits per heavy atom. The Morgan fingerprint density at radius 2 is 2.00 bits per heavy atom. The van der Waals surface area contributed by atoms with Crippen LogP contribution in [0.3, 0.4) is 0 Å². The van der Waals surface area contributed by atoms with Gasteiger partial charge in [0.05, 0.1) is 5.54 Å². The molecular weight excluding hydrogens is 204 g/mol. The minimum atomic E-state index is -0.266. The topological polar surface area (TPSA) is 47.7 Å². The van der Waals surface area contributed by atoms with Crippen molar-refractivity contribution in [3.8, 4) is 0 Å². The number of hydrogen-bond acceptors (Lipinski definition) is 4. The molecule has 96 valence electrons. The fraction of sp³-hybridized carbons (Fsp3) is 1.00. The van der Waals surface area contributed by atoms with E-state index in [4.69, 9.17) is 15.2 Å². The lowest BCUT2D eigenvalue weighted by molar-refractivity contribution is -0.190. The maximum Gasteiger partial charge on any atom is 0.176 e. The maximum absolute atomic E-state index is 5.95. The lowest BCUT2D eigenvalue weighted by atomic mass is 9.91. The van der Waals surface area contributed by atoms with Crippen LogP contribution in [0.2, 0.25) is 0 Å². The standard InChI is InChI=1S/C12H26N2O2/c1-10-7-5-6-8-14(10)12(2,9-13)11(15-3)16-4/h10-11H,5-9,13H2,1-4H3. The molecule has 2 N–H and O–H groups in total. The predicted molar refractivity (Wildman–Crippen MR) is 65.3 cm³/mol. The van der Waals surface area contributed by atoms with Crippen molar-refractivity contribution in [2.75, 3.05) is 27.3 Å². The van der Waals surface area contributed by atoms with E-state index >= 15 is 0 Å². The first-order valence-electron chi connectivity index (χ1n) is 6.12. The lowest BCUT2D eigenvalue weighted by Gasteiger charge is -2.49. The normalized spacial score (nSPS) is 27.0. The number of hydrogen-bond donors (Lipinski definition) is 1. The fourth-order valence-electron chi connectivity index (χ4n) is 2.81. The summed E-state index contributed by atoms with van der Waals surface area (Å²) < 4.78 is 10.8. The lowest BCUT2D eigenvalue weighted by Crippen LogP contribution is -2.63. The highest BCUT2D eigenvalue weighted by Crippen LogP contribution is 2.29. The van der Waals surface area contributed by atoms with E-state index in [-0.39, 0.29) is 11.8 Å². The monoisotopic (exact) mass is 230 g/mol. The van der Waals surface area contributed by atoms with Crippen molar-refractivity contribution < 1.29 is 9.47 Å². The number of ether oxygens (including phenoxy) is 2. The highest BCUT2D eigenvalue weighted by molar-refractivity contribution is 4.94. The van der Waals surface area contributed by atoms with Gasteiger partial charge in [-0.1, -0.05) is 6.42 Å². The summed E-state index contributed by atoms with van der Waals surface area (Å²) in [5, 5.41) is 0. The Morgan fingerprint density at radius 1 is 1.38 bits per heavy atom. The summed E-state index contributed by atoms with van der Waals surface area (Å²) >= 11 is 0. The van der Waals surface area contributed by atoms with Gasteiger partial charge in [0.25, 0.3) is 0 Å². The van der Waals surface area contributed by atoms with Gasteiger partial charge in [0.15, 0.2) is 6.29 Å². The summed E-state index contributed by atoms with van der Waals surface area (Å²) in [6.45, 7) is 6.02. The van der Waals surface area contributed by atoms with Crippen molar-refractivity contribution in [2.45, 2.75) is 51.0 Å². The molecule has 0 saturated carbocycles. The minimum absolute atomic E-state index is 0.233. The third kappa shape index (κ3) is 2.56. The summed E-state index contributed by atoms with van der Waals surface area (Å²) in [5.41, 5.74) is 5.72. The molecule has 0 spiro atoms. The quantitative estimate of drug-likeness (QED) is 0.721. The van der Waals surface area contributed by atoms with Gasteiger partial charge < -0.3 is 15.2 Å². The third-order valence-corrected chi connectivity index (χ3v) is 3.81. The summed E-state index contributed by atoms with van der Waals surface area (Å²) in [6, 6.07) is 0.551. The first-order valence-corrected chi connectivity index (χ1v) is 6.12. The second kappa shape index (κ2) is 5.96. The van der Waals surface area contributed by atoms with Crippen LogP contribution < -0.4 is 5.73 Å². The molecule has 0 aromatic rings. The zero-order valence-corrected chi connectivity index (χ0v) is 11.0. The molecule has 0 aromatic carbocycles. The number of methoxy groups -OCH3 is 2. The Hall–Kier alpha value is -0.160. The number of nitrogens with zero attached hydrogens (tertiary/aromatic N) is 1. The zero-order valence-electron chi connectivity index (χ0n) is 11.0. The van der Waals surface area contributed by atoms with Crippen LogP contribution in [0, 0.1) is 0 Å². The first kappa shape index (κ1) is 13.9. The molecule has 0 aliphatic carbocycles. The Balaban J connectivity index is 2.83. The highest BCUT2D eigenvalue weighted by Gasteiger charge is 2.42. The van der Waals surface area contributed by atoms with Crippen LogP contribution in [-0.4, -0.2) is 50.1 Å². The van der Waals surface area contributed by atoms with Gasteiger partial charge in [-0.05, 0) is 33.2 Å². The van der Waals surface area contributed by atoms with Crippen molar-refractivity contribution in [1.29, 1.82) is 0 Å². The van der Waals surface area contributed by atoms with Crippen LogP contribution in [0.1, 0.15) is 33.1 Å². The van der Waals surface area contributed by atoms with Crippen LogP contribution in [0.25, 0.3) is 0 Å². The number of piperidine rings is 1. The van der Waals surface area contributed by atoms with E-state index in [0.29, 0.717) is 12.6 Å². The molecule has 0 amide bonds. The van der Waals surface area contributed by atoms with E-state index in [2.05, 4.69) is 18.7 Å². The molecule has 4 nitrogen and oxygen atoms in total. The largest absolute Gasteiger partial charge is 0.354 e. The summed E-state index contributed by atoms with van der Waals surface area (Å²) in [4.78, 5) is 2.44. The predicted octanol–water partition coefficient (Wildman–Crippen LogP) is 1.20. The number of likely N-dealkylation sites (tertiary alicyclic amines) is 1. The van der Waals surface area contributed by atoms with Gasteiger partial charge in [-0.3, -0.25) is 4.90 Å². The molecule has 2 atom stereocenters. The van der Waals surface area contributed by atoms with Gasteiger partial charge in [-0.15, -0.1) is 0 Å². The third-order valence-electron chi connectivity index (χ3n) is 3.81. The Kier molecular flexibility index (Phi) is 5.18. The molecule has 1 aliphatic rings. The van der Waals surface area contributed by atoms with Crippen LogP contribution in [0.15, 0.2) is 0 Å². The van der Waals surface area contributed by atoms with E-state index in [1.165, 1.54) is 19.3 Å². The molecule has 1 aliphatic heterocycles. The summed E-state index contributed by atoms with van der Waals surface area (Å²) in [5.74, 6) is 0. The van der Waals surface area contributed by atoms with Gasteiger partial charge >= 0.3 is 0 Å². The van der Waals surface area contributed by atoms with E-state index in [1.54, 1.807) is 14.2 Å². The van der Waals surface area contributed by atoms with Crippen molar-refractivity contribution in [1.82, 2.24) is 4.90 Å². The van der Waals surface area contributed by atoms with Crippen molar-refractivity contribution in [2.24, 2.45) is 5.73 Å². The van der Waals surface area contributed by atoms with E-state index in [9.17, 15) is 0 Å². The summed E-state index contributed by atoms with van der Waals surface area (Å²) in [7, 11) is 3.35. The van der Waals surface area contributed by atoms with Gasteiger partial charge in [0.1, 0.15) is 0 Å².